The van der Waals surface area contributed by atoms with Crippen LogP contribution in [0.5, 0.6) is 11.5 Å². The minimum atomic E-state index is -0.727. The van der Waals surface area contributed by atoms with Gasteiger partial charge in [0.05, 0.1) is 0 Å². The zero-order valence-electron chi connectivity index (χ0n) is 12.2. The molecule has 0 N–H and O–H groups in total. The number of thiophene rings is 1. The molecule has 5 heteroatoms. The smallest absolute Gasteiger partial charge is 0.351 e. The van der Waals surface area contributed by atoms with Crippen molar-refractivity contribution in [2.24, 2.45) is 0 Å². The lowest BCUT2D eigenvalue weighted by Crippen LogP contribution is -2.37. The average molecular weight is 326 g/mol. The number of esters is 1. The Labute approximate surface area is 137 Å². The molecule has 2 aromatic carbocycles. The van der Waals surface area contributed by atoms with Gasteiger partial charge >= 0.3 is 5.97 Å². The summed E-state index contributed by atoms with van der Waals surface area (Å²) in [6.07, 6.45) is -0.727. The number of carbonyl (C=O) groups is 1. The van der Waals surface area contributed by atoms with Crippen LogP contribution in [0.25, 0.3) is 10.1 Å². The number of hydrogen-bond donors (Lipinski definition) is 0. The van der Waals surface area contributed by atoms with Gasteiger partial charge in [0.15, 0.2) is 11.5 Å². The van der Waals surface area contributed by atoms with Crippen molar-refractivity contribution in [2.75, 3.05) is 6.61 Å². The first kappa shape index (κ1) is 14.1. The Hall–Kier alpha value is -2.53. The Morgan fingerprint density at radius 3 is 2.83 bits per heavy atom. The van der Waals surface area contributed by atoms with Crippen LogP contribution in [0.15, 0.2) is 53.9 Å². The molecule has 3 aromatic rings. The minimum absolute atomic E-state index is 0.167. The van der Waals surface area contributed by atoms with E-state index in [1.54, 1.807) is 17.4 Å². The van der Waals surface area contributed by atoms with E-state index in [0.717, 1.165) is 10.9 Å². The summed E-state index contributed by atoms with van der Waals surface area (Å²) >= 11 is 1.64. The predicted octanol–water partition coefficient (Wildman–Crippen LogP) is 3.78. The number of rotatable bonds is 3. The second-order valence-corrected chi connectivity index (χ2v) is 6.14. The van der Waals surface area contributed by atoms with E-state index in [0.29, 0.717) is 11.5 Å². The summed E-state index contributed by atoms with van der Waals surface area (Å²) in [5, 5.41) is 3.14. The maximum Gasteiger partial charge on any atom is 0.351 e. The summed E-state index contributed by atoms with van der Waals surface area (Å²) in [6.45, 7) is 0.407. The van der Waals surface area contributed by atoms with E-state index >= 15 is 0 Å². The molecule has 1 aliphatic rings. The minimum Gasteiger partial charge on any atom is -0.485 e. The second kappa shape index (κ2) is 5.93. The molecule has 1 atom stereocenters. The number of fused-ring (bicyclic) bond motifs is 2. The van der Waals surface area contributed by atoms with Crippen molar-refractivity contribution in [1.29, 1.82) is 0 Å². The Morgan fingerprint density at radius 1 is 1.13 bits per heavy atom. The topological polar surface area (TPSA) is 44.8 Å². The quantitative estimate of drug-likeness (QED) is 0.687. The molecule has 0 saturated heterocycles. The summed E-state index contributed by atoms with van der Waals surface area (Å²) in [6, 6.07) is 15.4. The fourth-order valence-electron chi connectivity index (χ4n) is 2.52. The summed E-state index contributed by atoms with van der Waals surface area (Å²) in [4.78, 5) is 12.2. The van der Waals surface area contributed by atoms with Gasteiger partial charge in [-0.15, -0.1) is 11.3 Å². The van der Waals surface area contributed by atoms with E-state index in [-0.39, 0.29) is 13.2 Å². The number of para-hydroxylation sites is 2. The van der Waals surface area contributed by atoms with Gasteiger partial charge in [0.25, 0.3) is 0 Å². The van der Waals surface area contributed by atoms with E-state index in [2.05, 4.69) is 6.07 Å². The Morgan fingerprint density at radius 2 is 1.91 bits per heavy atom. The zero-order valence-corrected chi connectivity index (χ0v) is 13.0. The van der Waals surface area contributed by atoms with Crippen molar-refractivity contribution in [1.82, 2.24) is 0 Å². The van der Waals surface area contributed by atoms with Crippen molar-refractivity contribution in [3.63, 3.8) is 0 Å². The molecule has 4 rings (SSSR count). The maximum atomic E-state index is 12.2. The van der Waals surface area contributed by atoms with Crippen molar-refractivity contribution >= 4 is 27.4 Å². The van der Waals surface area contributed by atoms with Crippen molar-refractivity contribution in [3.8, 4) is 11.5 Å². The summed E-state index contributed by atoms with van der Waals surface area (Å²) in [5.74, 6) is 0.817. The van der Waals surface area contributed by atoms with Crippen LogP contribution >= 0.6 is 11.3 Å². The van der Waals surface area contributed by atoms with Gasteiger partial charge in [0.1, 0.15) is 13.2 Å². The van der Waals surface area contributed by atoms with E-state index in [1.807, 2.05) is 41.8 Å². The molecule has 0 fully saturated rings. The van der Waals surface area contributed by atoms with Gasteiger partial charge in [-0.25, -0.2) is 4.79 Å². The standard InChI is InChI=1S/C18H14O4S/c19-18(16-10-20-14-6-2-3-7-15(14)22-16)21-9-12-11-23-17-8-4-1-5-13(12)17/h1-8,11,16H,9-10H2. The van der Waals surface area contributed by atoms with Crippen LogP contribution in [0, 0.1) is 0 Å². The normalized spacial score (nSPS) is 16.3. The fourth-order valence-corrected chi connectivity index (χ4v) is 3.47. The lowest BCUT2D eigenvalue weighted by Gasteiger charge is -2.24. The van der Waals surface area contributed by atoms with Crippen LogP contribution in [0.4, 0.5) is 0 Å². The Kier molecular flexibility index (Phi) is 3.63. The number of hydrogen-bond acceptors (Lipinski definition) is 5. The van der Waals surface area contributed by atoms with Crippen molar-refractivity contribution < 1.29 is 19.0 Å². The monoisotopic (exact) mass is 326 g/mol. The first-order valence-corrected chi connectivity index (χ1v) is 8.19. The molecule has 1 aromatic heterocycles. The molecule has 0 saturated carbocycles. The van der Waals surface area contributed by atoms with E-state index in [4.69, 9.17) is 14.2 Å². The molecule has 0 radical (unpaired) electrons. The third-order valence-electron chi connectivity index (χ3n) is 3.70. The van der Waals surface area contributed by atoms with Gasteiger partial charge in [-0.1, -0.05) is 30.3 Å². The second-order valence-electron chi connectivity index (χ2n) is 5.23. The molecule has 4 nitrogen and oxygen atoms in total. The van der Waals surface area contributed by atoms with Gasteiger partial charge in [-0.3, -0.25) is 0 Å². The summed E-state index contributed by atoms with van der Waals surface area (Å²) in [7, 11) is 0. The molecule has 1 unspecified atom stereocenters. The Bertz CT molecular complexity index is 855. The molecule has 1 aliphatic heterocycles. The predicted molar refractivity (Wildman–Crippen MR) is 88.0 cm³/mol. The third kappa shape index (κ3) is 2.75. The number of ether oxygens (including phenoxy) is 3. The van der Waals surface area contributed by atoms with Crippen molar-refractivity contribution in [3.05, 3.63) is 59.5 Å². The number of carbonyl (C=O) groups excluding carboxylic acids is 1. The maximum absolute atomic E-state index is 12.2. The summed E-state index contributed by atoms with van der Waals surface area (Å²) in [5.41, 5.74) is 1.01. The lowest BCUT2D eigenvalue weighted by atomic mass is 10.2. The molecule has 0 amide bonds. The molecule has 23 heavy (non-hydrogen) atoms. The SMILES string of the molecule is O=C(OCc1csc2ccccc12)C1COc2ccccc2O1. The molecule has 0 aliphatic carbocycles. The highest BCUT2D eigenvalue weighted by Crippen LogP contribution is 2.31. The van der Waals surface area contributed by atoms with E-state index in [9.17, 15) is 4.79 Å². The van der Waals surface area contributed by atoms with Gasteiger partial charge in [-0.2, -0.15) is 0 Å². The van der Waals surface area contributed by atoms with E-state index in [1.165, 1.54) is 4.70 Å². The van der Waals surface area contributed by atoms with Gasteiger partial charge in [0.2, 0.25) is 6.10 Å². The largest absolute Gasteiger partial charge is 0.485 e. The van der Waals surface area contributed by atoms with Crippen LogP contribution in [-0.4, -0.2) is 18.7 Å². The molecule has 116 valence electrons. The van der Waals surface area contributed by atoms with Crippen LogP contribution in [0.3, 0.4) is 0 Å². The molecule has 0 spiro atoms. The van der Waals surface area contributed by atoms with Crippen molar-refractivity contribution in [2.45, 2.75) is 12.7 Å². The summed E-state index contributed by atoms with van der Waals surface area (Å²) < 4.78 is 17.8. The highest BCUT2D eigenvalue weighted by molar-refractivity contribution is 7.17. The molecular formula is C18H14O4S. The van der Waals surface area contributed by atoms with Crippen LogP contribution < -0.4 is 9.47 Å². The highest BCUT2D eigenvalue weighted by atomic mass is 32.1. The van der Waals surface area contributed by atoms with Gasteiger partial charge in [-0.05, 0) is 29.0 Å². The molecule has 0 bridgehead atoms. The highest BCUT2D eigenvalue weighted by Gasteiger charge is 2.28. The number of benzene rings is 2. The lowest BCUT2D eigenvalue weighted by molar-refractivity contribution is -0.155. The van der Waals surface area contributed by atoms with Crippen LogP contribution in [0.2, 0.25) is 0 Å². The average Bonchev–Trinajstić information content (AvgIpc) is 3.02. The van der Waals surface area contributed by atoms with Gasteiger partial charge in [0, 0.05) is 10.3 Å². The van der Waals surface area contributed by atoms with Crippen LogP contribution in [-0.2, 0) is 16.1 Å². The molecule has 2 heterocycles. The van der Waals surface area contributed by atoms with Crippen LogP contribution in [0.1, 0.15) is 5.56 Å². The zero-order chi connectivity index (χ0) is 15.6. The third-order valence-corrected chi connectivity index (χ3v) is 4.71. The fraction of sp³-hybridized carbons (Fsp3) is 0.167. The molecular weight excluding hydrogens is 312 g/mol. The first-order valence-electron chi connectivity index (χ1n) is 7.31. The van der Waals surface area contributed by atoms with E-state index < -0.39 is 12.1 Å². The van der Waals surface area contributed by atoms with Gasteiger partial charge < -0.3 is 14.2 Å². The Balaban J connectivity index is 1.43. The first-order chi connectivity index (χ1) is 11.3.